The second-order valence-electron chi connectivity index (χ2n) is 4.50. The van der Waals surface area contributed by atoms with Crippen LogP contribution in [0.2, 0.25) is 20.1 Å². The van der Waals surface area contributed by atoms with Crippen molar-refractivity contribution in [3.63, 3.8) is 0 Å². The first-order valence-electron chi connectivity index (χ1n) is 6.14. The van der Waals surface area contributed by atoms with Gasteiger partial charge in [0.25, 0.3) is 0 Å². The molecule has 2 aromatic rings. The van der Waals surface area contributed by atoms with Crippen LogP contribution in [0.25, 0.3) is 6.08 Å². The van der Waals surface area contributed by atoms with Gasteiger partial charge in [-0.2, -0.15) is 0 Å². The SMILES string of the molecule is O=C(O)/C=C/c1c(Cl)c(Cl)cc2c1Oc1cc(Cl)c(Cl)cc1O2. The van der Waals surface area contributed by atoms with Gasteiger partial charge in [-0.3, -0.25) is 0 Å². The summed E-state index contributed by atoms with van der Waals surface area (Å²) in [6.07, 6.45) is 2.20. The molecule has 1 aliphatic rings. The van der Waals surface area contributed by atoms with Gasteiger partial charge in [0.2, 0.25) is 0 Å². The standard InChI is InChI=1S/C15H6Cl4O4/c16-7-3-10-11(4-8(7)17)23-15-6(1-2-13(20)21)14(19)9(18)5-12(15)22-10/h1-5H,(H,20,21)/b2-1+. The molecule has 0 bridgehead atoms. The van der Waals surface area contributed by atoms with E-state index in [1.54, 1.807) is 0 Å². The van der Waals surface area contributed by atoms with Gasteiger partial charge in [0.15, 0.2) is 23.0 Å². The Hall–Kier alpha value is -1.59. The molecule has 1 aliphatic heterocycles. The van der Waals surface area contributed by atoms with Crippen LogP contribution in [0.4, 0.5) is 0 Å². The van der Waals surface area contributed by atoms with Crippen LogP contribution in [0, 0.1) is 0 Å². The summed E-state index contributed by atoms with van der Waals surface area (Å²) in [5.41, 5.74) is 0.285. The molecule has 2 aromatic carbocycles. The summed E-state index contributed by atoms with van der Waals surface area (Å²) in [5.74, 6) is 0.0774. The van der Waals surface area contributed by atoms with Crippen molar-refractivity contribution in [1.82, 2.24) is 0 Å². The van der Waals surface area contributed by atoms with Gasteiger partial charge in [0.1, 0.15) is 0 Å². The maximum absolute atomic E-state index is 10.8. The quantitative estimate of drug-likeness (QED) is 0.521. The number of halogens is 4. The van der Waals surface area contributed by atoms with E-state index in [-0.39, 0.29) is 27.1 Å². The van der Waals surface area contributed by atoms with E-state index in [0.717, 1.165) is 6.08 Å². The van der Waals surface area contributed by atoms with Crippen LogP contribution in [-0.4, -0.2) is 11.1 Å². The largest absolute Gasteiger partial charge is 0.478 e. The van der Waals surface area contributed by atoms with Crippen molar-refractivity contribution in [3.8, 4) is 23.0 Å². The third kappa shape index (κ3) is 3.08. The van der Waals surface area contributed by atoms with E-state index in [2.05, 4.69) is 0 Å². The van der Waals surface area contributed by atoms with E-state index in [1.165, 1.54) is 24.3 Å². The highest BCUT2D eigenvalue weighted by Crippen LogP contribution is 2.52. The van der Waals surface area contributed by atoms with Gasteiger partial charge in [0, 0.05) is 29.8 Å². The third-order valence-corrected chi connectivity index (χ3v) is 4.51. The summed E-state index contributed by atoms with van der Waals surface area (Å²) in [7, 11) is 0. The fourth-order valence-corrected chi connectivity index (χ4v) is 2.70. The van der Waals surface area contributed by atoms with Gasteiger partial charge in [-0.25, -0.2) is 4.79 Å². The Balaban J connectivity index is 2.16. The third-order valence-electron chi connectivity index (χ3n) is 2.98. The molecule has 0 aromatic heterocycles. The molecular weight excluding hydrogens is 386 g/mol. The van der Waals surface area contributed by atoms with Gasteiger partial charge < -0.3 is 14.6 Å². The van der Waals surface area contributed by atoms with Gasteiger partial charge in [-0.1, -0.05) is 46.4 Å². The molecule has 118 valence electrons. The van der Waals surface area contributed by atoms with Crippen LogP contribution in [0.3, 0.4) is 0 Å². The number of aliphatic carboxylic acids is 1. The Kier molecular flexibility index (Phi) is 4.34. The molecule has 0 aliphatic carbocycles. The zero-order chi connectivity index (χ0) is 16.7. The highest BCUT2D eigenvalue weighted by Gasteiger charge is 2.25. The van der Waals surface area contributed by atoms with E-state index in [9.17, 15) is 4.79 Å². The smallest absolute Gasteiger partial charge is 0.328 e. The van der Waals surface area contributed by atoms with Gasteiger partial charge in [0.05, 0.1) is 20.1 Å². The zero-order valence-corrected chi connectivity index (χ0v) is 14.1. The summed E-state index contributed by atoms with van der Waals surface area (Å²) < 4.78 is 11.5. The lowest BCUT2D eigenvalue weighted by molar-refractivity contribution is -0.131. The molecule has 4 nitrogen and oxygen atoms in total. The Morgan fingerprint density at radius 2 is 1.48 bits per heavy atom. The van der Waals surface area contributed by atoms with E-state index in [4.69, 9.17) is 61.0 Å². The van der Waals surface area contributed by atoms with Crippen molar-refractivity contribution in [1.29, 1.82) is 0 Å². The molecule has 0 atom stereocenters. The van der Waals surface area contributed by atoms with Crippen LogP contribution >= 0.6 is 46.4 Å². The fraction of sp³-hybridized carbons (Fsp3) is 0. The average molecular weight is 392 g/mol. The Labute approximate surface area is 150 Å². The lowest BCUT2D eigenvalue weighted by atomic mass is 10.1. The Bertz CT molecular complexity index is 861. The minimum atomic E-state index is -1.14. The molecule has 0 fully saturated rings. The molecule has 0 radical (unpaired) electrons. The summed E-state index contributed by atoms with van der Waals surface area (Å²) in [6, 6.07) is 4.48. The topological polar surface area (TPSA) is 55.8 Å². The molecule has 0 unspecified atom stereocenters. The zero-order valence-electron chi connectivity index (χ0n) is 11.1. The van der Waals surface area contributed by atoms with E-state index < -0.39 is 5.97 Å². The first kappa shape index (κ1) is 16.3. The minimum absolute atomic E-state index is 0.148. The van der Waals surface area contributed by atoms with Crippen molar-refractivity contribution >= 4 is 58.4 Å². The van der Waals surface area contributed by atoms with Crippen LogP contribution < -0.4 is 9.47 Å². The highest BCUT2D eigenvalue weighted by atomic mass is 35.5. The molecule has 23 heavy (non-hydrogen) atoms. The summed E-state index contributed by atoms with van der Waals surface area (Å²) >= 11 is 24.1. The minimum Gasteiger partial charge on any atom is -0.478 e. The number of benzene rings is 2. The first-order valence-corrected chi connectivity index (χ1v) is 7.65. The Morgan fingerprint density at radius 3 is 2.09 bits per heavy atom. The van der Waals surface area contributed by atoms with Gasteiger partial charge >= 0.3 is 5.97 Å². The normalized spacial score (nSPS) is 12.3. The second kappa shape index (κ2) is 6.13. The van der Waals surface area contributed by atoms with Crippen molar-refractivity contribution in [3.05, 3.63) is 49.9 Å². The number of hydrogen-bond acceptors (Lipinski definition) is 3. The van der Waals surface area contributed by atoms with Gasteiger partial charge in [-0.05, 0) is 6.08 Å². The van der Waals surface area contributed by atoms with Crippen LogP contribution in [-0.2, 0) is 4.79 Å². The van der Waals surface area contributed by atoms with E-state index in [1.807, 2.05) is 0 Å². The summed E-state index contributed by atoms with van der Waals surface area (Å²) in [5, 5.41) is 9.74. The van der Waals surface area contributed by atoms with E-state index >= 15 is 0 Å². The van der Waals surface area contributed by atoms with Crippen molar-refractivity contribution in [2.24, 2.45) is 0 Å². The molecule has 1 N–H and O–H groups in total. The number of rotatable bonds is 2. The number of carbonyl (C=O) groups is 1. The molecule has 3 rings (SSSR count). The maximum Gasteiger partial charge on any atom is 0.328 e. The second-order valence-corrected chi connectivity index (χ2v) is 6.10. The average Bonchev–Trinajstić information content (AvgIpc) is 2.48. The molecule has 0 saturated heterocycles. The van der Waals surface area contributed by atoms with Crippen LogP contribution in [0.5, 0.6) is 23.0 Å². The summed E-state index contributed by atoms with van der Waals surface area (Å²) in [6.45, 7) is 0. The number of hydrogen-bond donors (Lipinski definition) is 1. The van der Waals surface area contributed by atoms with E-state index in [0.29, 0.717) is 21.5 Å². The lowest BCUT2D eigenvalue weighted by Crippen LogP contribution is -2.02. The lowest BCUT2D eigenvalue weighted by Gasteiger charge is -2.23. The van der Waals surface area contributed by atoms with Gasteiger partial charge in [-0.15, -0.1) is 0 Å². The molecular formula is C15H6Cl4O4. The maximum atomic E-state index is 10.8. The number of fused-ring (bicyclic) bond motifs is 2. The highest BCUT2D eigenvalue weighted by molar-refractivity contribution is 6.43. The van der Waals surface area contributed by atoms with Crippen LogP contribution in [0.15, 0.2) is 24.3 Å². The summed E-state index contributed by atoms with van der Waals surface area (Å²) in [4.78, 5) is 10.8. The number of carboxylic acids is 1. The number of ether oxygens (including phenoxy) is 2. The molecule has 0 saturated carbocycles. The molecule has 0 spiro atoms. The van der Waals surface area contributed by atoms with Crippen LogP contribution in [0.1, 0.15) is 5.56 Å². The van der Waals surface area contributed by atoms with Crippen molar-refractivity contribution in [2.75, 3.05) is 0 Å². The Morgan fingerprint density at radius 1 is 0.913 bits per heavy atom. The number of carboxylic acid groups (broad SMARTS) is 1. The monoisotopic (exact) mass is 390 g/mol. The molecule has 1 heterocycles. The molecule has 0 amide bonds. The predicted molar refractivity (Wildman–Crippen MR) is 89.7 cm³/mol. The fourth-order valence-electron chi connectivity index (χ4n) is 1.99. The van der Waals surface area contributed by atoms with Crippen molar-refractivity contribution in [2.45, 2.75) is 0 Å². The first-order chi connectivity index (χ1) is 10.9. The van der Waals surface area contributed by atoms with Crippen molar-refractivity contribution < 1.29 is 19.4 Å². The molecule has 8 heteroatoms. The predicted octanol–water partition coefficient (Wildman–Crippen LogP) is 6.30.